The van der Waals surface area contributed by atoms with Gasteiger partial charge in [-0.25, -0.2) is 9.59 Å². The molecule has 4 aliphatic rings. The summed E-state index contributed by atoms with van der Waals surface area (Å²) in [4.78, 5) is 62.4. The van der Waals surface area contributed by atoms with Gasteiger partial charge in [-0.2, -0.15) is 0 Å². The summed E-state index contributed by atoms with van der Waals surface area (Å²) in [5.41, 5.74) is 6.70. The van der Waals surface area contributed by atoms with Crippen molar-refractivity contribution >= 4 is 90.9 Å². The van der Waals surface area contributed by atoms with Gasteiger partial charge in [0.15, 0.2) is 0 Å². The molecule has 0 radical (unpaired) electrons. The van der Waals surface area contributed by atoms with Gasteiger partial charge in [-0.3, -0.25) is 9.59 Å². The van der Waals surface area contributed by atoms with Gasteiger partial charge in [0, 0.05) is 66.6 Å². The zero-order chi connectivity index (χ0) is 35.7. The van der Waals surface area contributed by atoms with Crippen molar-refractivity contribution in [2.45, 2.75) is 13.8 Å². The normalized spacial score (nSPS) is 18.7. The monoisotopic (exact) mass is 718 g/mol. The van der Waals surface area contributed by atoms with Crippen LogP contribution in [0.4, 0.5) is 11.4 Å². The highest BCUT2D eigenvalue weighted by Crippen LogP contribution is 2.52. The van der Waals surface area contributed by atoms with Crippen molar-refractivity contribution < 1.29 is 28.7 Å². The molecule has 6 aromatic rings. The number of ether oxygens (including phenoxy) is 2. The predicted molar refractivity (Wildman–Crippen MR) is 205 cm³/mol. The lowest BCUT2D eigenvalue weighted by Crippen LogP contribution is -2.21. The Morgan fingerprint density at radius 1 is 0.500 bits per heavy atom. The van der Waals surface area contributed by atoms with Crippen molar-refractivity contribution in [3.8, 4) is 31.7 Å². The first-order valence-corrected chi connectivity index (χ1v) is 18.2. The SMILES string of the molecule is Cc1ccc2c(c1)N(C)C(=O)/C2=C1/C(=O)Oc2c1ccc1c3c(ccc21)/C(=C1\C(=O)N(C)c2cc(-c4ccc(-c5ccc(C)s5)s4)ccc21)C(=O)O3. The summed E-state index contributed by atoms with van der Waals surface area (Å²) in [5.74, 6) is -1.25. The molecule has 0 bridgehead atoms. The molecule has 10 heteroatoms. The van der Waals surface area contributed by atoms with Gasteiger partial charge in [0.05, 0.1) is 33.7 Å². The molecule has 10 rings (SSSR count). The first-order chi connectivity index (χ1) is 25.1. The van der Waals surface area contributed by atoms with E-state index in [-0.39, 0.29) is 34.3 Å². The van der Waals surface area contributed by atoms with Crippen LogP contribution in [0.5, 0.6) is 11.5 Å². The molecular weight excluding hydrogens is 693 g/mol. The van der Waals surface area contributed by atoms with Crippen LogP contribution in [0, 0.1) is 13.8 Å². The third-order valence-electron chi connectivity index (χ3n) is 10.3. The van der Waals surface area contributed by atoms with Crippen LogP contribution in [0.3, 0.4) is 0 Å². The smallest absolute Gasteiger partial charge is 0.345 e. The van der Waals surface area contributed by atoms with E-state index in [2.05, 4.69) is 31.2 Å². The summed E-state index contributed by atoms with van der Waals surface area (Å²) < 4.78 is 11.8. The average Bonchev–Trinajstić information content (AvgIpc) is 3.98. The number of fused-ring (bicyclic) bond motifs is 7. The van der Waals surface area contributed by atoms with E-state index in [1.54, 1.807) is 70.8 Å². The second kappa shape index (κ2) is 10.7. The lowest BCUT2D eigenvalue weighted by molar-refractivity contribution is -0.127. The summed E-state index contributed by atoms with van der Waals surface area (Å²) in [5, 5.41) is 1.10. The van der Waals surface area contributed by atoms with Crippen LogP contribution in [0.15, 0.2) is 84.9 Å². The van der Waals surface area contributed by atoms with E-state index in [1.165, 1.54) is 14.6 Å². The summed E-state index contributed by atoms with van der Waals surface area (Å²) in [6.45, 7) is 4.05. The van der Waals surface area contributed by atoms with Crippen molar-refractivity contribution in [2.24, 2.45) is 0 Å². The third kappa shape index (κ3) is 4.13. The number of thiophene rings is 2. The number of nitrogens with zero attached hydrogens (tertiary/aromatic N) is 2. The van der Waals surface area contributed by atoms with E-state index < -0.39 is 11.9 Å². The highest BCUT2D eigenvalue weighted by molar-refractivity contribution is 7.23. The second-order valence-electron chi connectivity index (χ2n) is 13.3. The maximum Gasteiger partial charge on any atom is 0.345 e. The van der Waals surface area contributed by atoms with Crippen LogP contribution < -0.4 is 19.3 Å². The maximum atomic E-state index is 13.9. The molecule has 0 aliphatic carbocycles. The van der Waals surface area contributed by atoms with E-state index >= 15 is 0 Å². The van der Waals surface area contributed by atoms with Crippen molar-refractivity contribution in [3.63, 3.8) is 0 Å². The van der Waals surface area contributed by atoms with Gasteiger partial charge in [0.1, 0.15) is 11.5 Å². The number of carbonyl (C=O) groups is 4. The molecule has 2 aromatic heterocycles. The number of hydrogen-bond acceptors (Lipinski definition) is 8. The number of anilines is 2. The fourth-order valence-corrected chi connectivity index (χ4v) is 9.67. The van der Waals surface area contributed by atoms with Gasteiger partial charge in [0.2, 0.25) is 0 Å². The number of likely N-dealkylation sites (N-methyl/N-ethyl adjacent to an activating group) is 2. The number of amides is 2. The topological polar surface area (TPSA) is 93.2 Å². The zero-order valence-corrected chi connectivity index (χ0v) is 29.9. The van der Waals surface area contributed by atoms with Gasteiger partial charge < -0.3 is 19.3 Å². The lowest BCUT2D eigenvalue weighted by Gasteiger charge is -2.10. The quantitative estimate of drug-likeness (QED) is 0.101. The number of hydrogen-bond donors (Lipinski definition) is 0. The van der Waals surface area contributed by atoms with Crippen LogP contribution in [0.2, 0.25) is 0 Å². The molecule has 0 fully saturated rings. The summed E-state index contributed by atoms with van der Waals surface area (Å²) in [6.07, 6.45) is 0. The molecule has 2 amide bonds. The Bertz CT molecular complexity index is 2780. The predicted octanol–water partition coefficient (Wildman–Crippen LogP) is 8.53. The van der Waals surface area contributed by atoms with E-state index in [0.29, 0.717) is 50.0 Å². The Balaban J connectivity index is 1.07. The molecule has 252 valence electrons. The number of benzene rings is 4. The molecule has 8 nitrogen and oxygen atoms in total. The summed E-state index contributed by atoms with van der Waals surface area (Å²) >= 11 is 3.46. The number of rotatable bonds is 2. The Hall–Kier alpha value is -6.10. The minimum atomic E-state index is -0.628. The van der Waals surface area contributed by atoms with Crippen LogP contribution in [-0.2, 0) is 19.2 Å². The molecule has 0 saturated heterocycles. The number of esters is 2. The van der Waals surface area contributed by atoms with Gasteiger partial charge in [0.25, 0.3) is 11.8 Å². The van der Waals surface area contributed by atoms with E-state index in [9.17, 15) is 19.2 Å². The van der Waals surface area contributed by atoms with E-state index in [1.807, 2.05) is 43.3 Å². The van der Waals surface area contributed by atoms with Crippen molar-refractivity contribution in [2.75, 3.05) is 23.9 Å². The molecular formula is C42H26N2O6S2. The minimum Gasteiger partial charge on any atom is -0.422 e. The molecule has 52 heavy (non-hydrogen) atoms. The van der Waals surface area contributed by atoms with E-state index in [4.69, 9.17) is 9.47 Å². The highest BCUT2D eigenvalue weighted by atomic mass is 32.1. The highest BCUT2D eigenvalue weighted by Gasteiger charge is 2.43. The molecule has 6 heterocycles. The molecule has 4 aliphatic heterocycles. The Kier molecular flexibility index (Phi) is 6.32. The van der Waals surface area contributed by atoms with Crippen LogP contribution in [0.1, 0.15) is 32.7 Å². The van der Waals surface area contributed by atoms with Crippen LogP contribution in [-0.4, -0.2) is 37.8 Å². The number of aryl methyl sites for hydroxylation is 2. The van der Waals surface area contributed by atoms with E-state index in [0.717, 1.165) is 21.7 Å². The van der Waals surface area contributed by atoms with Gasteiger partial charge in [-0.15, -0.1) is 22.7 Å². The van der Waals surface area contributed by atoms with Crippen LogP contribution >= 0.6 is 22.7 Å². The Labute approximate surface area is 305 Å². The third-order valence-corrected chi connectivity index (χ3v) is 12.6. The first kappa shape index (κ1) is 30.7. The molecule has 0 unspecified atom stereocenters. The first-order valence-electron chi connectivity index (χ1n) is 16.6. The van der Waals surface area contributed by atoms with Gasteiger partial charge in [-0.05, 0) is 85.6 Å². The summed E-state index contributed by atoms with van der Waals surface area (Å²) in [7, 11) is 3.40. The standard InChI is InChI=1S/C42H26N2O6S2/c1-19-5-8-24-28(17-19)43(3)39(45)33(24)35-26-12-10-23-22(37(26)49-41(35)47)11-13-27-36(42(48)50-38(23)27)34-25-9-7-21(18-29(25)44(4)40(34)46)30-15-16-32(52-30)31-14-6-20(2)51-31/h5-18H,1-4H3/b35-33+,36-34+. The fourth-order valence-electron chi connectivity index (χ4n) is 7.71. The minimum absolute atomic E-state index is 0.193. The molecule has 0 spiro atoms. The van der Waals surface area contributed by atoms with Crippen molar-refractivity contribution in [1.29, 1.82) is 0 Å². The average molecular weight is 719 g/mol. The van der Waals surface area contributed by atoms with Gasteiger partial charge in [-0.1, -0.05) is 24.3 Å². The largest absolute Gasteiger partial charge is 0.422 e. The van der Waals surface area contributed by atoms with Crippen molar-refractivity contribution in [1.82, 2.24) is 0 Å². The van der Waals surface area contributed by atoms with Gasteiger partial charge >= 0.3 is 11.9 Å². The fraction of sp³-hybridized carbons (Fsp3) is 0.0952. The Morgan fingerprint density at radius 2 is 1.00 bits per heavy atom. The van der Waals surface area contributed by atoms with Crippen molar-refractivity contribution in [3.05, 3.63) is 118 Å². The Morgan fingerprint density at radius 3 is 1.58 bits per heavy atom. The summed E-state index contributed by atoms with van der Waals surface area (Å²) in [6, 6.07) is 27.0. The molecule has 0 atom stereocenters. The molecule has 0 saturated carbocycles. The lowest BCUT2D eigenvalue weighted by atomic mass is 9.92. The number of carbonyl (C=O) groups excluding carboxylic acids is 4. The second-order valence-corrected chi connectivity index (χ2v) is 15.7. The zero-order valence-electron chi connectivity index (χ0n) is 28.2. The molecule has 0 N–H and O–H groups in total. The maximum absolute atomic E-state index is 13.9. The molecule has 4 aromatic carbocycles. The van der Waals surface area contributed by atoms with Crippen LogP contribution in [0.25, 0.3) is 53.3 Å².